The first-order valence-electron chi connectivity index (χ1n) is 5.61. The van der Waals surface area contributed by atoms with Crippen LogP contribution in [0.3, 0.4) is 0 Å². The molecule has 1 heterocycles. The molecule has 2 rings (SSSR count). The van der Waals surface area contributed by atoms with Gasteiger partial charge >= 0.3 is 6.16 Å². The van der Waals surface area contributed by atoms with E-state index in [1.165, 1.54) is 6.07 Å². The Labute approximate surface area is 103 Å². The molecule has 2 atom stereocenters. The SMILES string of the molecule is O=C(O)O[C@H]1C[C@H](Cc2cc(F)ccc2F)CN1. The predicted octanol–water partition coefficient (Wildman–Crippen LogP) is 2.14. The van der Waals surface area contributed by atoms with Crippen LogP contribution in [0.4, 0.5) is 13.6 Å². The van der Waals surface area contributed by atoms with E-state index < -0.39 is 24.0 Å². The van der Waals surface area contributed by atoms with E-state index in [1.807, 2.05) is 0 Å². The van der Waals surface area contributed by atoms with Crippen molar-refractivity contribution >= 4 is 6.16 Å². The second-order valence-corrected chi connectivity index (χ2v) is 4.32. The molecule has 0 radical (unpaired) electrons. The Kier molecular flexibility index (Phi) is 3.76. The third-order valence-corrected chi connectivity index (χ3v) is 2.94. The first-order chi connectivity index (χ1) is 8.54. The number of carboxylic acid groups (broad SMARTS) is 1. The van der Waals surface area contributed by atoms with Crippen LogP contribution in [0.25, 0.3) is 0 Å². The highest BCUT2D eigenvalue weighted by molar-refractivity contribution is 5.57. The van der Waals surface area contributed by atoms with Crippen molar-refractivity contribution in [3.05, 3.63) is 35.4 Å². The Bertz CT molecular complexity index is 453. The summed E-state index contributed by atoms with van der Waals surface area (Å²) < 4.78 is 31.0. The van der Waals surface area contributed by atoms with Crippen molar-refractivity contribution in [1.82, 2.24) is 5.32 Å². The summed E-state index contributed by atoms with van der Waals surface area (Å²) in [5.41, 5.74) is 0.303. The van der Waals surface area contributed by atoms with Gasteiger partial charge in [0.1, 0.15) is 11.6 Å². The maximum absolute atomic E-state index is 13.4. The molecule has 1 fully saturated rings. The molecule has 0 spiro atoms. The lowest BCUT2D eigenvalue weighted by molar-refractivity contribution is 0.0443. The second-order valence-electron chi connectivity index (χ2n) is 4.32. The van der Waals surface area contributed by atoms with Crippen LogP contribution < -0.4 is 5.32 Å². The summed E-state index contributed by atoms with van der Waals surface area (Å²) in [4.78, 5) is 10.3. The summed E-state index contributed by atoms with van der Waals surface area (Å²) in [6, 6.07) is 3.33. The molecule has 2 N–H and O–H groups in total. The first-order valence-corrected chi connectivity index (χ1v) is 5.61. The molecule has 1 aromatic carbocycles. The van der Waals surface area contributed by atoms with Gasteiger partial charge in [-0.2, -0.15) is 0 Å². The molecule has 18 heavy (non-hydrogen) atoms. The van der Waals surface area contributed by atoms with E-state index in [2.05, 4.69) is 10.1 Å². The number of hydrogen-bond acceptors (Lipinski definition) is 3. The van der Waals surface area contributed by atoms with Crippen LogP contribution in [0.15, 0.2) is 18.2 Å². The van der Waals surface area contributed by atoms with Gasteiger partial charge in [0.15, 0.2) is 6.23 Å². The van der Waals surface area contributed by atoms with Crippen molar-refractivity contribution in [2.45, 2.75) is 19.1 Å². The number of hydrogen-bond donors (Lipinski definition) is 2. The summed E-state index contributed by atoms with van der Waals surface area (Å²) in [5.74, 6) is -0.889. The number of rotatable bonds is 3. The fourth-order valence-electron chi connectivity index (χ4n) is 2.15. The highest BCUT2D eigenvalue weighted by atomic mass is 19.1. The van der Waals surface area contributed by atoms with Crippen molar-refractivity contribution in [2.75, 3.05) is 6.54 Å². The minimum atomic E-state index is -1.34. The average molecular weight is 257 g/mol. The molecule has 1 aliphatic rings. The van der Waals surface area contributed by atoms with Gasteiger partial charge in [-0.25, -0.2) is 13.6 Å². The number of nitrogens with one attached hydrogen (secondary N) is 1. The van der Waals surface area contributed by atoms with E-state index in [-0.39, 0.29) is 5.92 Å². The number of halogens is 2. The van der Waals surface area contributed by atoms with E-state index >= 15 is 0 Å². The lowest BCUT2D eigenvalue weighted by atomic mass is 9.98. The molecule has 1 aromatic rings. The minimum absolute atomic E-state index is 0.0330. The van der Waals surface area contributed by atoms with Crippen molar-refractivity contribution in [3.8, 4) is 0 Å². The Balaban J connectivity index is 1.95. The highest BCUT2D eigenvalue weighted by Crippen LogP contribution is 2.22. The Morgan fingerprint density at radius 1 is 1.50 bits per heavy atom. The van der Waals surface area contributed by atoms with E-state index in [0.717, 1.165) is 12.1 Å². The normalized spacial score (nSPS) is 23.0. The topological polar surface area (TPSA) is 58.6 Å². The van der Waals surface area contributed by atoms with Crippen molar-refractivity contribution in [2.24, 2.45) is 5.92 Å². The minimum Gasteiger partial charge on any atom is -0.450 e. The number of benzene rings is 1. The van der Waals surface area contributed by atoms with Crippen LogP contribution >= 0.6 is 0 Å². The van der Waals surface area contributed by atoms with Gasteiger partial charge < -0.3 is 9.84 Å². The molecule has 0 bridgehead atoms. The second kappa shape index (κ2) is 5.30. The molecule has 98 valence electrons. The third-order valence-electron chi connectivity index (χ3n) is 2.94. The van der Waals surface area contributed by atoms with E-state index in [1.54, 1.807) is 0 Å². The maximum atomic E-state index is 13.4. The first kappa shape index (κ1) is 12.8. The van der Waals surface area contributed by atoms with E-state index in [4.69, 9.17) is 5.11 Å². The van der Waals surface area contributed by atoms with Crippen LogP contribution in [0.1, 0.15) is 12.0 Å². The molecule has 0 saturated carbocycles. The van der Waals surface area contributed by atoms with E-state index in [0.29, 0.717) is 24.9 Å². The van der Waals surface area contributed by atoms with Crippen molar-refractivity contribution in [1.29, 1.82) is 0 Å². The van der Waals surface area contributed by atoms with Crippen LogP contribution in [0.2, 0.25) is 0 Å². The van der Waals surface area contributed by atoms with Gasteiger partial charge in [-0.15, -0.1) is 0 Å². The molecule has 4 nitrogen and oxygen atoms in total. The Morgan fingerprint density at radius 2 is 2.28 bits per heavy atom. The summed E-state index contributed by atoms with van der Waals surface area (Å²) in [6.07, 6.45) is -1.09. The largest absolute Gasteiger partial charge is 0.507 e. The van der Waals surface area contributed by atoms with Gasteiger partial charge in [-0.05, 0) is 36.1 Å². The molecule has 0 amide bonds. The quantitative estimate of drug-likeness (QED) is 0.814. The van der Waals surface area contributed by atoms with Gasteiger partial charge in [0.25, 0.3) is 0 Å². The zero-order valence-electron chi connectivity index (χ0n) is 9.53. The molecule has 0 unspecified atom stereocenters. The molecular weight excluding hydrogens is 244 g/mol. The Hall–Kier alpha value is -1.69. The molecule has 0 aromatic heterocycles. The van der Waals surface area contributed by atoms with E-state index in [9.17, 15) is 13.6 Å². The number of carbonyl (C=O) groups is 1. The highest BCUT2D eigenvalue weighted by Gasteiger charge is 2.27. The van der Waals surface area contributed by atoms with Gasteiger partial charge in [0.2, 0.25) is 0 Å². The standard InChI is InChI=1S/C12H13F2NO3/c13-9-1-2-10(14)8(5-9)3-7-4-11(15-6-7)18-12(16)17/h1-2,5,7,11,15H,3-4,6H2,(H,16,17)/t7-,11-/m0/s1. The summed E-state index contributed by atoms with van der Waals surface area (Å²) in [6.45, 7) is 0.522. The maximum Gasteiger partial charge on any atom is 0.507 e. The molecule has 1 aliphatic heterocycles. The van der Waals surface area contributed by atoms with Gasteiger partial charge in [0.05, 0.1) is 0 Å². The lowest BCUT2D eigenvalue weighted by Crippen LogP contribution is -2.26. The fraction of sp³-hybridized carbons (Fsp3) is 0.417. The third kappa shape index (κ3) is 3.16. The molecule has 0 aliphatic carbocycles. The van der Waals surface area contributed by atoms with Crippen LogP contribution in [-0.4, -0.2) is 24.0 Å². The predicted molar refractivity (Wildman–Crippen MR) is 59.1 cm³/mol. The summed E-state index contributed by atoms with van der Waals surface area (Å²) in [5, 5.41) is 11.3. The summed E-state index contributed by atoms with van der Waals surface area (Å²) in [7, 11) is 0. The summed E-state index contributed by atoms with van der Waals surface area (Å²) >= 11 is 0. The van der Waals surface area contributed by atoms with Crippen LogP contribution in [0.5, 0.6) is 0 Å². The van der Waals surface area contributed by atoms with Crippen LogP contribution in [0, 0.1) is 17.6 Å². The lowest BCUT2D eigenvalue weighted by Gasteiger charge is -2.10. The van der Waals surface area contributed by atoms with Gasteiger partial charge in [-0.1, -0.05) is 0 Å². The van der Waals surface area contributed by atoms with Crippen molar-refractivity contribution in [3.63, 3.8) is 0 Å². The van der Waals surface area contributed by atoms with Crippen molar-refractivity contribution < 1.29 is 23.4 Å². The molecule has 1 saturated heterocycles. The number of ether oxygens (including phenoxy) is 1. The smallest absolute Gasteiger partial charge is 0.450 e. The fourth-order valence-corrected chi connectivity index (χ4v) is 2.15. The van der Waals surface area contributed by atoms with Gasteiger partial charge in [-0.3, -0.25) is 5.32 Å². The molecular formula is C12H13F2NO3. The van der Waals surface area contributed by atoms with Gasteiger partial charge in [0, 0.05) is 13.0 Å². The van der Waals surface area contributed by atoms with Crippen LogP contribution in [-0.2, 0) is 11.2 Å². The monoisotopic (exact) mass is 257 g/mol. The zero-order valence-corrected chi connectivity index (χ0v) is 9.53. The zero-order chi connectivity index (χ0) is 13.1. The molecule has 6 heteroatoms. The Morgan fingerprint density at radius 3 is 3.00 bits per heavy atom. The average Bonchev–Trinajstić information content (AvgIpc) is 2.70.